The average Bonchev–Trinajstić information content (AvgIpc) is 2.42. The van der Waals surface area contributed by atoms with Gasteiger partial charge in [-0.2, -0.15) is 0 Å². The van der Waals surface area contributed by atoms with Gasteiger partial charge >= 0.3 is 0 Å². The van der Waals surface area contributed by atoms with Gasteiger partial charge in [-0.05, 0) is 38.1 Å². The molecule has 1 aromatic rings. The van der Waals surface area contributed by atoms with Gasteiger partial charge in [0.1, 0.15) is 0 Å². The molecule has 0 aliphatic heterocycles. The predicted molar refractivity (Wildman–Crippen MR) is 97.7 cm³/mol. The number of carbonyl (C=O) groups is 1. The molecule has 0 bridgehead atoms. The summed E-state index contributed by atoms with van der Waals surface area (Å²) in [5, 5.41) is 2.85. The Labute approximate surface area is 146 Å². The predicted octanol–water partition coefficient (Wildman–Crippen LogP) is 2.73. The first-order valence-corrected chi connectivity index (χ1v) is 7.24. The van der Waals surface area contributed by atoms with E-state index in [0.29, 0.717) is 6.54 Å². The maximum atomic E-state index is 11.7. The first-order chi connectivity index (χ1) is 9.36. The lowest BCUT2D eigenvalue weighted by molar-refractivity contribution is -0.125. The van der Waals surface area contributed by atoms with Crippen molar-refractivity contribution in [1.29, 1.82) is 0 Å². The average molecular weight is 350 g/mol. The van der Waals surface area contributed by atoms with E-state index in [2.05, 4.69) is 48.3 Å². The van der Waals surface area contributed by atoms with Gasteiger partial charge in [-0.1, -0.05) is 38.1 Å². The molecule has 0 fully saturated rings. The van der Waals surface area contributed by atoms with Gasteiger partial charge in [0, 0.05) is 13.1 Å². The third kappa shape index (κ3) is 7.99. The number of carbonyl (C=O) groups excluding carboxylic acids is 1. The minimum absolute atomic E-state index is 0. The molecule has 1 aromatic carbocycles. The lowest BCUT2D eigenvalue weighted by Gasteiger charge is -2.19. The van der Waals surface area contributed by atoms with Crippen LogP contribution >= 0.6 is 24.8 Å². The Morgan fingerprint density at radius 3 is 1.95 bits per heavy atom. The van der Waals surface area contributed by atoms with E-state index in [1.54, 1.807) is 13.8 Å². The minimum atomic E-state index is -0.831. The van der Waals surface area contributed by atoms with Crippen LogP contribution < -0.4 is 11.1 Å². The Balaban J connectivity index is 0. The van der Waals surface area contributed by atoms with Gasteiger partial charge in [0.05, 0.1) is 5.54 Å². The van der Waals surface area contributed by atoms with Gasteiger partial charge in [0.15, 0.2) is 0 Å². The monoisotopic (exact) mass is 349 g/mol. The van der Waals surface area contributed by atoms with E-state index in [1.165, 1.54) is 5.56 Å². The van der Waals surface area contributed by atoms with Crippen LogP contribution in [0.5, 0.6) is 0 Å². The summed E-state index contributed by atoms with van der Waals surface area (Å²) in [4.78, 5) is 14.1. The van der Waals surface area contributed by atoms with Gasteiger partial charge in [0.2, 0.25) is 5.91 Å². The highest BCUT2D eigenvalue weighted by Crippen LogP contribution is 2.08. The minimum Gasteiger partial charge on any atom is -0.350 e. The molecule has 0 aromatic heterocycles. The molecule has 22 heavy (non-hydrogen) atoms. The third-order valence-corrected chi connectivity index (χ3v) is 3.36. The highest BCUT2D eigenvalue weighted by atomic mass is 35.5. The maximum Gasteiger partial charge on any atom is 0.239 e. The topological polar surface area (TPSA) is 58.4 Å². The Morgan fingerprint density at radius 2 is 1.55 bits per heavy atom. The standard InChI is InChI=1S/C16H27N3O.2ClH/c1-5-19(6-2)12-14-9-7-13(8-10-14)11-18-15(20)16(3,4)17;;/h7-10H,5-6,11-12,17H2,1-4H3,(H,18,20);2*1H. The number of amides is 1. The summed E-state index contributed by atoms with van der Waals surface area (Å²) in [6.07, 6.45) is 0. The van der Waals surface area contributed by atoms with Gasteiger partial charge in [-0.25, -0.2) is 0 Å². The number of nitrogens with one attached hydrogen (secondary N) is 1. The van der Waals surface area contributed by atoms with Crippen molar-refractivity contribution in [1.82, 2.24) is 10.2 Å². The first kappa shape index (κ1) is 23.5. The van der Waals surface area contributed by atoms with Gasteiger partial charge in [-0.15, -0.1) is 24.8 Å². The van der Waals surface area contributed by atoms with E-state index in [1.807, 2.05) is 0 Å². The quantitative estimate of drug-likeness (QED) is 0.795. The molecule has 0 radical (unpaired) electrons. The molecule has 0 aliphatic rings. The number of benzene rings is 1. The number of hydrogen-bond donors (Lipinski definition) is 2. The molecule has 0 unspecified atom stereocenters. The SMILES string of the molecule is CCN(CC)Cc1ccc(CNC(=O)C(C)(C)N)cc1.Cl.Cl. The van der Waals surface area contributed by atoms with Crippen LogP contribution in [0.1, 0.15) is 38.8 Å². The van der Waals surface area contributed by atoms with Crippen molar-refractivity contribution in [3.05, 3.63) is 35.4 Å². The van der Waals surface area contributed by atoms with Gasteiger partial charge < -0.3 is 11.1 Å². The van der Waals surface area contributed by atoms with E-state index in [9.17, 15) is 4.79 Å². The van der Waals surface area contributed by atoms with Crippen molar-refractivity contribution in [2.75, 3.05) is 13.1 Å². The molecule has 6 heteroatoms. The lowest BCUT2D eigenvalue weighted by Crippen LogP contribution is -2.48. The zero-order chi connectivity index (χ0) is 15.2. The van der Waals surface area contributed by atoms with Crippen LogP contribution in [0.4, 0.5) is 0 Å². The molecule has 0 saturated carbocycles. The van der Waals surface area contributed by atoms with Crippen molar-refractivity contribution in [3.8, 4) is 0 Å². The Kier molecular flexibility index (Phi) is 11.6. The highest BCUT2D eigenvalue weighted by Gasteiger charge is 2.20. The molecular formula is C16H29Cl2N3O. The number of nitrogens with two attached hydrogens (primary N) is 1. The van der Waals surface area contributed by atoms with E-state index in [4.69, 9.17) is 5.73 Å². The second-order valence-corrected chi connectivity index (χ2v) is 5.68. The van der Waals surface area contributed by atoms with Gasteiger partial charge in [-0.3, -0.25) is 9.69 Å². The largest absolute Gasteiger partial charge is 0.350 e. The zero-order valence-corrected chi connectivity index (χ0v) is 15.5. The fourth-order valence-electron chi connectivity index (χ4n) is 1.88. The Hall–Kier alpha value is -0.810. The van der Waals surface area contributed by atoms with Crippen LogP contribution in [0.25, 0.3) is 0 Å². The number of rotatable bonds is 7. The van der Waals surface area contributed by atoms with E-state index in [-0.39, 0.29) is 30.7 Å². The van der Waals surface area contributed by atoms with Crippen LogP contribution in [0.15, 0.2) is 24.3 Å². The maximum absolute atomic E-state index is 11.7. The van der Waals surface area contributed by atoms with Crippen LogP contribution in [0.3, 0.4) is 0 Å². The molecule has 0 aliphatic carbocycles. The summed E-state index contributed by atoms with van der Waals surface area (Å²) in [5.41, 5.74) is 7.29. The third-order valence-electron chi connectivity index (χ3n) is 3.36. The molecular weight excluding hydrogens is 321 g/mol. The lowest BCUT2D eigenvalue weighted by atomic mass is 10.1. The Bertz CT molecular complexity index is 426. The molecule has 0 heterocycles. The molecule has 4 nitrogen and oxygen atoms in total. The molecule has 0 saturated heterocycles. The Morgan fingerprint density at radius 1 is 1.09 bits per heavy atom. The zero-order valence-electron chi connectivity index (χ0n) is 13.9. The normalized spacial score (nSPS) is 10.6. The summed E-state index contributed by atoms with van der Waals surface area (Å²) < 4.78 is 0. The first-order valence-electron chi connectivity index (χ1n) is 7.24. The molecule has 3 N–H and O–H groups in total. The van der Waals surface area contributed by atoms with Crippen LogP contribution in [0.2, 0.25) is 0 Å². The van der Waals surface area contributed by atoms with E-state index < -0.39 is 5.54 Å². The smallest absolute Gasteiger partial charge is 0.239 e. The summed E-state index contributed by atoms with van der Waals surface area (Å²) in [7, 11) is 0. The number of hydrogen-bond acceptors (Lipinski definition) is 3. The number of halogens is 2. The van der Waals surface area contributed by atoms with Crippen molar-refractivity contribution in [2.24, 2.45) is 5.73 Å². The fourth-order valence-corrected chi connectivity index (χ4v) is 1.88. The molecule has 0 atom stereocenters. The van der Waals surface area contributed by atoms with Gasteiger partial charge in [0.25, 0.3) is 0 Å². The second-order valence-electron chi connectivity index (χ2n) is 5.68. The second kappa shape index (κ2) is 10.8. The molecule has 0 spiro atoms. The molecule has 1 rings (SSSR count). The van der Waals surface area contributed by atoms with Crippen molar-refractivity contribution in [3.63, 3.8) is 0 Å². The van der Waals surface area contributed by atoms with Crippen LogP contribution in [-0.4, -0.2) is 29.4 Å². The van der Waals surface area contributed by atoms with Crippen LogP contribution in [0, 0.1) is 0 Å². The summed E-state index contributed by atoms with van der Waals surface area (Å²) in [6.45, 7) is 11.3. The molecule has 128 valence electrons. The summed E-state index contributed by atoms with van der Waals surface area (Å²) in [6, 6.07) is 8.35. The highest BCUT2D eigenvalue weighted by molar-refractivity contribution is 5.85. The van der Waals surface area contributed by atoms with Crippen molar-refractivity contribution < 1.29 is 4.79 Å². The van der Waals surface area contributed by atoms with Crippen molar-refractivity contribution >= 4 is 30.7 Å². The fraction of sp³-hybridized carbons (Fsp3) is 0.562. The molecule has 1 amide bonds. The van der Waals surface area contributed by atoms with Crippen LogP contribution in [-0.2, 0) is 17.9 Å². The number of nitrogens with zero attached hydrogens (tertiary/aromatic N) is 1. The summed E-state index contributed by atoms with van der Waals surface area (Å²) >= 11 is 0. The summed E-state index contributed by atoms with van der Waals surface area (Å²) in [5.74, 6) is -0.135. The van der Waals surface area contributed by atoms with E-state index in [0.717, 1.165) is 25.2 Å². The van der Waals surface area contributed by atoms with Crippen molar-refractivity contribution in [2.45, 2.75) is 46.3 Å². The van der Waals surface area contributed by atoms with E-state index >= 15 is 0 Å².